The lowest BCUT2D eigenvalue weighted by Crippen LogP contribution is -2.32. The van der Waals surface area contributed by atoms with Gasteiger partial charge in [-0.1, -0.05) is 30.6 Å². The summed E-state index contributed by atoms with van der Waals surface area (Å²) in [7, 11) is 0. The van der Waals surface area contributed by atoms with Crippen molar-refractivity contribution in [2.75, 3.05) is 19.6 Å². The molecule has 2 aromatic rings. The van der Waals surface area contributed by atoms with Gasteiger partial charge in [0, 0.05) is 16.0 Å². The Bertz CT molecular complexity index is 600. The van der Waals surface area contributed by atoms with Crippen LogP contribution in [0.25, 0.3) is 11.5 Å². The van der Waals surface area contributed by atoms with Gasteiger partial charge in [0.2, 0.25) is 0 Å². The summed E-state index contributed by atoms with van der Waals surface area (Å²) in [6, 6.07) is 5.13. The van der Waals surface area contributed by atoms with Gasteiger partial charge in [-0.05, 0) is 47.2 Å². The van der Waals surface area contributed by atoms with Crippen LogP contribution in [0.1, 0.15) is 25.7 Å². The van der Waals surface area contributed by atoms with Gasteiger partial charge in [0.05, 0.1) is 11.6 Å². The molecule has 1 heterocycles. The van der Waals surface area contributed by atoms with Crippen LogP contribution in [0.5, 0.6) is 0 Å². The zero-order chi connectivity index (χ0) is 15.4. The van der Waals surface area contributed by atoms with E-state index in [0.717, 1.165) is 23.1 Å². The van der Waals surface area contributed by atoms with Crippen LogP contribution in [0, 0.1) is 0 Å². The molecule has 0 spiro atoms. The van der Waals surface area contributed by atoms with Crippen molar-refractivity contribution in [1.82, 2.24) is 15.0 Å². The summed E-state index contributed by atoms with van der Waals surface area (Å²) in [5.41, 5.74) is 6.94. The van der Waals surface area contributed by atoms with E-state index in [1.165, 1.54) is 0 Å². The Morgan fingerprint density at radius 3 is 2.71 bits per heavy atom. The molecule has 7 heteroatoms. The van der Waals surface area contributed by atoms with Crippen LogP contribution in [-0.4, -0.2) is 34.7 Å². The summed E-state index contributed by atoms with van der Waals surface area (Å²) < 4.78 is 6.12. The Morgan fingerprint density at radius 1 is 1.38 bits per heavy atom. The summed E-state index contributed by atoms with van der Waals surface area (Å²) in [5.74, 6) is 0.947. The summed E-state index contributed by atoms with van der Waals surface area (Å²) in [6.45, 7) is 6.79. The minimum Gasteiger partial charge on any atom is -0.334 e. The molecule has 2 rings (SSSR count). The molecule has 0 fully saturated rings. The third-order valence-electron chi connectivity index (χ3n) is 3.28. The zero-order valence-electron chi connectivity index (χ0n) is 12.0. The van der Waals surface area contributed by atoms with Gasteiger partial charge in [0.25, 0.3) is 5.89 Å². The van der Waals surface area contributed by atoms with E-state index < -0.39 is 0 Å². The molecule has 0 radical (unpaired) electrons. The van der Waals surface area contributed by atoms with Crippen LogP contribution in [0.4, 0.5) is 0 Å². The Labute approximate surface area is 137 Å². The van der Waals surface area contributed by atoms with Gasteiger partial charge in [-0.3, -0.25) is 0 Å². The zero-order valence-corrected chi connectivity index (χ0v) is 14.4. The van der Waals surface area contributed by atoms with Gasteiger partial charge in [-0.15, -0.1) is 0 Å². The summed E-state index contributed by atoms with van der Waals surface area (Å²) in [6.07, 6.45) is 0. The van der Waals surface area contributed by atoms with Crippen molar-refractivity contribution in [1.29, 1.82) is 0 Å². The molecular weight excluding hydrogens is 356 g/mol. The number of hydrogen-bond donors (Lipinski definition) is 1. The molecule has 0 bridgehead atoms. The average molecular weight is 374 g/mol. The van der Waals surface area contributed by atoms with Gasteiger partial charge < -0.3 is 15.2 Å². The monoisotopic (exact) mass is 372 g/mol. The largest absolute Gasteiger partial charge is 0.334 e. The van der Waals surface area contributed by atoms with E-state index in [-0.39, 0.29) is 6.04 Å². The van der Waals surface area contributed by atoms with E-state index >= 15 is 0 Å². The Balaban J connectivity index is 2.17. The third-order valence-corrected chi connectivity index (χ3v) is 4.18. The molecular formula is C14H18BrClN4O. The van der Waals surface area contributed by atoms with Crippen LogP contribution in [0.2, 0.25) is 5.02 Å². The minimum absolute atomic E-state index is 0.270. The SMILES string of the molecule is CCN(CC)CC(N)c1noc(-c2ccc(Cl)cc2Br)n1. The molecule has 0 aliphatic carbocycles. The fraction of sp³-hybridized carbons (Fsp3) is 0.429. The number of nitrogens with zero attached hydrogens (tertiary/aromatic N) is 3. The fourth-order valence-electron chi connectivity index (χ4n) is 2.00. The Morgan fingerprint density at radius 2 is 2.10 bits per heavy atom. The normalized spacial score (nSPS) is 12.9. The summed E-state index contributed by atoms with van der Waals surface area (Å²) in [4.78, 5) is 6.61. The first-order valence-corrected chi connectivity index (χ1v) is 7.99. The van der Waals surface area contributed by atoms with Gasteiger partial charge in [0.15, 0.2) is 5.82 Å². The van der Waals surface area contributed by atoms with Crippen LogP contribution in [0.3, 0.4) is 0 Å². The minimum atomic E-state index is -0.270. The molecule has 0 saturated carbocycles. The Hall–Kier alpha value is -0.950. The van der Waals surface area contributed by atoms with Crippen molar-refractivity contribution in [3.8, 4) is 11.5 Å². The maximum Gasteiger partial charge on any atom is 0.259 e. The van der Waals surface area contributed by atoms with Crippen LogP contribution in [0.15, 0.2) is 27.2 Å². The molecule has 2 N–H and O–H groups in total. The topological polar surface area (TPSA) is 68.2 Å². The highest BCUT2D eigenvalue weighted by atomic mass is 79.9. The first kappa shape index (κ1) is 16.4. The number of nitrogens with two attached hydrogens (primary N) is 1. The molecule has 0 amide bonds. The molecule has 114 valence electrons. The number of aromatic nitrogens is 2. The van der Waals surface area contributed by atoms with Gasteiger partial charge in [-0.2, -0.15) is 4.98 Å². The van der Waals surface area contributed by atoms with Crippen LogP contribution in [-0.2, 0) is 0 Å². The molecule has 0 aliphatic rings. The second kappa shape index (κ2) is 7.35. The van der Waals surface area contributed by atoms with Gasteiger partial charge >= 0.3 is 0 Å². The van der Waals surface area contributed by atoms with Crippen molar-refractivity contribution in [3.63, 3.8) is 0 Å². The molecule has 0 aliphatic heterocycles. The van der Waals surface area contributed by atoms with E-state index in [1.807, 2.05) is 6.07 Å². The number of hydrogen-bond acceptors (Lipinski definition) is 5. The van der Waals surface area contributed by atoms with E-state index in [0.29, 0.717) is 23.3 Å². The van der Waals surface area contributed by atoms with E-state index in [1.54, 1.807) is 12.1 Å². The maximum absolute atomic E-state index is 6.14. The average Bonchev–Trinajstić information content (AvgIpc) is 2.94. The van der Waals surface area contributed by atoms with Crippen molar-refractivity contribution in [2.24, 2.45) is 5.73 Å². The summed E-state index contributed by atoms with van der Waals surface area (Å²) in [5, 5.41) is 4.63. The quantitative estimate of drug-likeness (QED) is 0.839. The van der Waals surface area contributed by atoms with Gasteiger partial charge in [-0.25, -0.2) is 0 Å². The first-order valence-electron chi connectivity index (χ1n) is 6.82. The second-order valence-corrected chi connectivity index (χ2v) is 5.97. The fourth-order valence-corrected chi connectivity index (χ4v) is 2.85. The van der Waals surface area contributed by atoms with Crippen LogP contribution < -0.4 is 5.73 Å². The summed E-state index contributed by atoms with van der Waals surface area (Å²) >= 11 is 9.37. The molecule has 1 aromatic heterocycles. The standard InChI is InChI=1S/C14H18BrClN4O/c1-3-20(4-2)8-12(17)13-18-14(21-19-13)10-6-5-9(16)7-11(10)15/h5-7,12H,3-4,8,17H2,1-2H3. The molecule has 5 nitrogen and oxygen atoms in total. The molecule has 21 heavy (non-hydrogen) atoms. The highest BCUT2D eigenvalue weighted by Crippen LogP contribution is 2.29. The lowest BCUT2D eigenvalue weighted by atomic mass is 10.2. The predicted octanol–water partition coefficient (Wildman–Crippen LogP) is 3.49. The molecule has 0 saturated heterocycles. The first-order chi connectivity index (χ1) is 10.0. The molecule has 1 aromatic carbocycles. The molecule has 1 unspecified atom stereocenters. The predicted molar refractivity (Wildman–Crippen MR) is 87.2 cm³/mol. The van der Waals surface area contributed by atoms with Crippen molar-refractivity contribution < 1.29 is 4.52 Å². The van der Waals surface area contributed by atoms with Crippen molar-refractivity contribution >= 4 is 27.5 Å². The van der Waals surface area contributed by atoms with E-state index in [9.17, 15) is 0 Å². The lowest BCUT2D eigenvalue weighted by Gasteiger charge is -2.20. The van der Waals surface area contributed by atoms with Gasteiger partial charge in [0.1, 0.15) is 0 Å². The maximum atomic E-state index is 6.14. The highest BCUT2D eigenvalue weighted by molar-refractivity contribution is 9.10. The number of likely N-dealkylation sites (N-methyl/N-ethyl adjacent to an activating group) is 1. The third kappa shape index (κ3) is 4.03. The number of rotatable bonds is 6. The second-order valence-electron chi connectivity index (χ2n) is 4.67. The highest BCUT2D eigenvalue weighted by Gasteiger charge is 2.18. The number of halogens is 2. The van der Waals surface area contributed by atoms with Crippen molar-refractivity contribution in [3.05, 3.63) is 33.5 Å². The molecule has 1 atom stereocenters. The van der Waals surface area contributed by atoms with Crippen LogP contribution >= 0.6 is 27.5 Å². The smallest absolute Gasteiger partial charge is 0.259 e. The Kier molecular flexibility index (Phi) is 5.75. The van der Waals surface area contributed by atoms with E-state index in [4.69, 9.17) is 21.9 Å². The number of benzene rings is 1. The lowest BCUT2D eigenvalue weighted by molar-refractivity contribution is 0.278. The van der Waals surface area contributed by atoms with E-state index in [2.05, 4.69) is 44.8 Å². The van der Waals surface area contributed by atoms with Crippen molar-refractivity contribution in [2.45, 2.75) is 19.9 Å².